The van der Waals surface area contributed by atoms with Gasteiger partial charge >= 0.3 is 6.09 Å². The van der Waals surface area contributed by atoms with E-state index in [1.54, 1.807) is 0 Å². The Morgan fingerprint density at radius 3 is 2.12 bits per heavy atom. The zero-order valence-corrected chi connectivity index (χ0v) is 11.2. The molecule has 102 valence electrons. The molecule has 0 aromatic rings. The zero-order valence-electron chi connectivity index (χ0n) is 11.2. The van der Waals surface area contributed by atoms with Crippen molar-refractivity contribution in [1.82, 2.24) is 10.6 Å². The molecule has 4 N–H and O–H groups in total. The SMILES string of the molecule is CC(C)CNCC(O)[C@H](CC(C)C)NC(=O)O. The van der Waals surface area contributed by atoms with Crippen molar-refractivity contribution in [2.45, 2.75) is 46.3 Å². The van der Waals surface area contributed by atoms with Crippen LogP contribution in [-0.4, -0.2) is 41.5 Å². The van der Waals surface area contributed by atoms with Crippen molar-refractivity contribution < 1.29 is 15.0 Å². The van der Waals surface area contributed by atoms with Gasteiger partial charge in [0.2, 0.25) is 0 Å². The van der Waals surface area contributed by atoms with Crippen LogP contribution in [0.25, 0.3) is 0 Å². The fourth-order valence-corrected chi connectivity index (χ4v) is 1.64. The third kappa shape index (κ3) is 8.94. The van der Waals surface area contributed by atoms with E-state index >= 15 is 0 Å². The number of carbonyl (C=O) groups is 1. The Balaban J connectivity index is 4.11. The van der Waals surface area contributed by atoms with Crippen LogP contribution in [0, 0.1) is 11.8 Å². The Hall–Kier alpha value is -0.810. The van der Waals surface area contributed by atoms with Crippen molar-refractivity contribution in [2.75, 3.05) is 13.1 Å². The largest absolute Gasteiger partial charge is 0.465 e. The number of hydrogen-bond donors (Lipinski definition) is 4. The molecular formula is C12H26N2O3. The van der Waals surface area contributed by atoms with Crippen LogP contribution >= 0.6 is 0 Å². The van der Waals surface area contributed by atoms with Gasteiger partial charge in [-0.3, -0.25) is 0 Å². The standard InChI is InChI=1S/C12H26N2O3/c1-8(2)5-10(14-12(16)17)11(15)7-13-6-9(3)4/h8-11,13-15H,5-7H2,1-4H3,(H,16,17)/t10-,11?/m0/s1. The second kappa shape index (κ2) is 8.31. The van der Waals surface area contributed by atoms with Crippen molar-refractivity contribution in [1.29, 1.82) is 0 Å². The molecule has 5 heteroatoms. The Morgan fingerprint density at radius 2 is 1.71 bits per heavy atom. The average molecular weight is 246 g/mol. The molecule has 0 spiro atoms. The minimum atomic E-state index is -1.08. The molecule has 0 saturated heterocycles. The molecule has 0 radical (unpaired) electrons. The summed E-state index contributed by atoms with van der Waals surface area (Å²) in [6, 6.07) is -0.410. The van der Waals surface area contributed by atoms with E-state index in [9.17, 15) is 9.90 Å². The fraction of sp³-hybridized carbons (Fsp3) is 0.917. The van der Waals surface area contributed by atoms with E-state index in [1.165, 1.54) is 0 Å². The summed E-state index contributed by atoms with van der Waals surface area (Å²) in [6.07, 6.45) is -1.14. The van der Waals surface area contributed by atoms with Crippen molar-refractivity contribution in [2.24, 2.45) is 11.8 Å². The molecule has 0 aliphatic rings. The summed E-state index contributed by atoms with van der Waals surface area (Å²) >= 11 is 0. The van der Waals surface area contributed by atoms with Crippen molar-refractivity contribution in [3.63, 3.8) is 0 Å². The summed E-state index contributed by atoms with van der Waals surface area (Å²) in [6.45, 7) is 9.41. The van der Waals surface area contributed by atoms with Gasteiger partial charge in [-0.25, -0.2) is 4.79 Å². The molecule has 17 heavy (non-hydrogen) atoms. The van der Waals surface area contributed by atoms with E-state index in [2.05, 4.69) is 24.5 Å². The van der Waals surface area contributed by atoms with E-state index in [0.717, 1.165) is 6.54 Å². The van der Waals surface area contributed by atoms with E-state index in [1.807, 2.05) is 13.8 Å². The number of aliphatic hydroxyl groups is 1. The van der Waals surface area contributed by atoms with Gasteiger partial charge in [0.1, 0.15) is 0 Å². The average Bonchev–Trinajstić information content (AvgIpc) is 2.14. The van der Waals surface area contributed by atoms with Gasteiger partial charge in [-0.15, -0.1) is 0 Å². The van der Waals surface area contributed by atoms with Gasteiger partial charge < -0.3 is 20.8 Å². The maximum atomic E-state index is 10.6. The van der Waals surface area contributed by atoms with Crippen LogP contribution in [0.4, 0.5) is 4.79 Å². The zero-order chi connectivity index (χ0) is 13.4. The summed E-state index contributed by atoms with van der Waals surface area (Å²) in [5, 5.41) is 24.2. The van der Waals surface area contributed by atoms with Crippen LogP contribution in [0.2, 0.25) is 0 Å². The number of carboxylic acid groups (broad SMARTS) is 1. The summed E-state index contributed by atoms with van der Waals surface area (Å²) in [5.41, 5.74) is 0. The summed E-state index contributed by atoms with van der Waals surface area (Å²) in [4.78, 5) is 10.6. The Morgan fingerprint density at radius 1 is 1.12 bits per heavy atom. The first-order chi connectivity index (χ1) is 7.82. The molecule has 2 atom stereocenters. The van der Waals surface area contributed by atoms with E-state index in [4.69, 9.17) is 5.11 Å². The Kier molecular flexibility index (Phi) is 7.91. The summed E-state index contributed by atoms with van der Waals surface area (Å²) < 4.78 is 0. The molecular weight excluding hydrogens is 220 g/mol. The lowest BCUT2D eigenvalue weighted by Gasteiger charge is -2.25. The first kappa shape index (κ1) is 16.2. The van der Waals surface area contributed by atoms with Gasteiger partial charge in [0.25, 0.3) is 0 Å². The smallest absolute Gasteiger partial charge is 0.404 e. The second-order valence-corrected chi connectivity index (χ2v) is 5.30. The molecule has 0 bridgehead atoms. The lowest BCUT2D eigenvalue weighted by molar-refractivity contribution is 0.108. The first-order valence-corrected chi connectivity index (χ1v) is 6.21. The molecule has 0 aromatic carbocycles. The number of aliphatic hydroxyl groups excluding tert-OH is 1. The lowest BCUT2D eigenvalue weighted by Crippen LogP contribution is -2.48. The lowest BCUT2D eigenvalue weighted by atomic mass is 9.99. The van der Waals surface area contributed by atoms with Gasteiger partial charge in [-0.1, -0.05) is 27.7 Å². The van der Waals surface area contributed by atoms with E-state index < -0.39 is 18.2 Å². The molecule has 0 fully saturated rings. The highest BCUT2D eigenvalue weighted by atomic mass is 16.4. The number of hydrogen-bond acceptors (Lipinski definition) is 3. The van der Waals surface area contributed by atoms with Crippen LogP contribution in [0.1, 0.15) is 34.1 Å². The van der Waals surface area contributed by atoms with Crippen molar-refractivity contribution >= 4 is 6.09 Å². The quantitative estimate of drug-likeness (QED) is 0.520. The highest BCUT2D eigenvalue weighted by molar-refractivity contribution is 5.64. The number of nitrogens with one attached hydrogen (secondary N) is 2. The predicted octanol–water partition coefficient (Wildman–Crippen LogP) is 1.28. The topological polar surface area (TPSA) is 81.6 Å². The molecule has 0 aromatic heterocycles. The van der Waals surface area contributed by atoms with Gasteiger partial charge in [-0.05, 0) is 24.8 Å². The number of rotatable bonds is 8. The third-order valence-electron chi connectivity index (χ3n) is 2.40. The highest BCUT2D eigenvalue weighted by Crippen LogP contribution is 2.08. The molecule has 1 amide bonds. The molecule has 5 nitrogen and oxygen atoms in total. The van der Waals surface area contributed by atoms with Gasteiger partial charge in [0.15, 0.2) is 0 Å². The minimum absolute atomic E-state index is 0.339. The summed E-state index contributed by atoms with van der Waals surface area (Å²) in [7, 11) is 0. The predicted molar refractivity (Wildman–Crippen MR) is 68.1 cm³/mol. The molecule has 0 rings (SSSR count). The van der Waals surface area contributed by atoms with Crippen LogP contribution in [-0.2, 0) is 0 Å². The van der Waals surface area contributed by atoms with Gasteiger partial charge in [0.05, 0.1) is 12.1 Å². The summed E-state index contributed by atoms with van der Waals surface area (Å²) in [5.74, 6) is 0.852. The monoisotopic (exact) mass is 246 g/mol. The van der Waals surface area contributed by atoms with Gasteiger partial charge in [0, 0.05) is 6.54 Å². The molecule has 0 aliphatic carbocycles. The van der Waals surface area contributed by atoms with E-state index in [0.29, 0.717) is 24.8 Å². The maximum Gasteiger partial charge on any atom is 0.404 e. The molecule has 0 saturated carbocycles. The van der Waals surface area contributed by atoms with Crippen LogP contribution in [0.5, 0.6) is 0 Å². The molecule has 0 aliphatic heterocycles. The highest BCUT2D eigenvalue weighted by Gasteiger charge is 2.21. The van der Waals surface area contributed by atoms with Crippen LogP contribution < -0.4 is 10.6 Å². The van der Waals surface area contributed by atoms with Crippen LogP contribution in [0.3, 0.4) is 0 Å². The maximum absolute atomic E-state index is 10.6. The number of amides is 1. The third-order valence-corrected chi connectivity index (χ3v) is 2.40. The Labute approximate surface area is 104 Å². The second-order valence-electron chi connectivity index (χ2n) is 5.30. The van der Waals surface area contributed by atoms with Crippen molar-refractivity contribution in [3.8, 4) is 0 Å². The van der Waals surface area contributed by atoms with Crippen LogP contribution in [0.15, 0.2) is 0 Å². The van der Waals surface area contributed by atoms with E-state index in [-0.39, 0.29) is 0 Å². The molecule has 0 heterocycles. The minimum Gasteiger partial charge on any atom is -0.465 e. The fourth-order valence-electron chi connectivity index (χ4n) is 1.64. The first-order valence-electron chi connectivity index (χ1n) is 6.21. The molecule has 1 unspecified atom stereocenters. The van der Waals surface area contributed by atoms with Crippen molar-refractivity contribution in [3.05, 3.63) is 0 Å². The normalized spacial score (nSPS) is 15.0. The Bertz CT molecular complexity index is 220. The van der Waals surface area contributed by atoms with Gasteiger partial charge in [-0.2, -0.15) is 0 Å².